The van der Waals surface area contributed by atoms with Crippen LogP contribution in [0.1, 0.15) is 42.6 Å². The number of anilines is 1. The Labute approximate surface area is 221 Å². The van der Waals surface area contributed by atoms with Crippen molar-refractivity contribution in [3.8, 4) is 11.5 Å². The molecule has 198 valence electrons. The standard InChI is InChI=1S/C24H16ClF4N9O/c1-24(11-5-34-37(10-11)23(28)29)4-14(15-9-30-18-3-17(27)36-38(18)20(15)24)22(39)35-13-2-16(25)19(31-8-13)21-32-6-12(26)7-33-21/h2-3,5-10,14,23H,4H2,1H3,(H,35,39)/t14-,24-/m1/s1. The Morgan fingerprint density at radius 3 is 2.56 bits per heavy atom. The Morgan fingerprint density at radius 2 is 1.87 bits per heavy atom. The second kappa shape index (κ2) is 9.08. The number of nitrogens with zero attached hydrogens (tertiary/aromatic N) is 8. The monoisotopic (exact) mass is 557 g/mol. The molecule has 0 fully saturated rings. The van der Waals surface area contributed by atoms with Crippen LogP contribution in [0.4, 0.5) is 23.2 Å². The van der Waals surface area contributed by atoms with Crippen molar-refractivity contribution in [2.24, 2.45) is 0 Å². The lowest BCUT2D eigenvalue weighted by Crippen LogP contribution is -2.25. The number of carbonyl (C=O) groups excluding carboxylic acids is 1. The summed E-state index contributed by atoms with van der Waals surface area (Å²) in [6, 6.07) is 2.58. The van der Waals surface area contributed by atoms with Crippen LogP contribution in [0.25, 0.3) is 17.2 Å². The molecule has 2 atom stereocenters. The van der Waals surface area contributed by atoms with Crippen LogP contribution in [0, 0.1) is 11.8 Å². The lowest BCUT2D eigenvalue weighted by atomic mass is 9.80. The lowest BCUT2D eigenvalue weighted by Gasteiger charge is -2.24. The molecule has 0 bridgehead atoms. The fraction of sp³-hybridized carbons (Fsp3) is 0.208. The maximum Gasteiger partial charge on any atom is 0.333 e. The summed E-state index contributed by atoms with van der Waals surface area (Å²) in [6.45, 7) is -1.11. The Hall–Kier alpha value is -4.46. The molecule has 0 saturated heterocycles. The van der Waals surface area contributed by atoms with E-state index in [1.165, 1.54) is 35.4 Å². The number of hydrogen-bond donors (Lipinski definition) is 1. The largest absolute Gasteiger partial charge is 0.333 e. The van der Waals surface area contributed by atoms with Gasteiger partial charge >= 0.3 is 6.55 Å². The Morgan fingerprint density at radius 1 is 1.10 bits per heavy atom. The molecular weight excluding hydrogens is 542 g/mol. The van der Waals surface area contributed by atoms with E-state index in [1.54, 1.807) is 6.92 Å². The number of hydrogen-bond acceptors (Lipinski definition) is 7. The number of rotatable bonds is 5. The maximum absolute atomic E-state index is 14.1. The van der Waals surface area contributed by atoms with E-state index in [0.29, 0.717) is 21.5 Å². The Bertz CT molecular complexity index is 1740. The molecule has 0 aromatic carbocycles. The van der Waals surface area contributed by atoms with Gasteiger partial charge in [0.25, 0.3) is 0 Å². The van der Waals surface area contributed by atoms with E-state index in [9.17, 15) is 22.4 Å². The lowest BCUT2D eigenvalue weighted by molar-refractivity contribution is -0.117. The van der Waals surface area contributed by atoms with Crippen LogP contribution in [-0.4, -0.2) is 45.2 Å². The van der Waals surface area contributed by atoms with Gasteiger partial charge in [-0.15, -0.1) is 5.10 Å². The predicted octanol–water partition coefficient (Wildman–Crippen LogP) is 4.54. The molecule has 1 aliphatic rings. The molecule has 15 heteroatoms. The fourth-order valence-electron chi connectivity index (χ4n) is 4.89. The van der Waals surface area contributed by atoms with Crippen molar-refractivity contribution in [1.29, 1.82) is 0 Å². The second-order valence-corrected chi connectivity index (χ2v) is 9.55. The molecule has 6 rings (SSSR count). The van der Waals surface area contributed by atoms with Crippen molar-refractivity contribution >= 4 is 28.8 Å². The van der Waals surface area contributed by atoms with Gasteiger partial charge in [0.05, 0.1) is 47.1 Å². The van der Waals surface area contributed by atoms with Crippen molar-refractivity contribution in [1.82, 2.24) is 39.3 Å². The SMILES string of the molecule is C[C@]1(c2cnn(C(F)F)c2)C[C@@H](C(=O)Nc2cnc(-c3ncc(F)cn3)c(Cl)c2)c2cnc3cc(F)nn3c21. The summed E-state index contributed by atoms with van der Waals surface area (Å²) in [6.07, 6.45) is 7.38. The fourth-order valence-corrected chi connectivity index (χ4v) is 5.14. The first-order chi connectivity index (χ1) is 18.6. The zero-order valence-electron chi connectivity index (χ0n) is 19.9. The van der Waals surface area contributed by atoms with Crippen LogP contribution in [0.15, 0.2) is 49.3 Å². The summed E-state index contributed by atoms with van der Waals surface area (Å²) >= 11 is 6.33. The quantitative estimate of drug-likeness (QED) is 0.315. The Balaban J connectivity index is 1.36. The van der Waals surface area contributed by atoms with E-state index < -0.39 is 35.6 Å². The highest BCUT2D eigenvalue weighted by Gasteiger charge is 2.48. The van der Waals surface area contributed by atoms with Crippen molar-refractivity contribution in [2.75, 3.05) is 5.32 Å². The van der Waals surface area contributed by atoms with Gasteiger partial charge in [-0.1, -0.05) is 11.6 Å². The number of alkyl halides is 2. The number of pyridine rings is 1. The summed E-state index contributed by atoms with van der Waals surface area (Å²) in [7, 11) is 0. The average Bonchev–Trinajstić information content (AvgIpc) is 3.61. The molecule has 1 amide bonds. The van der Waals surface area contributed by atoms with Gasteiger partial charge in [0.1, 0.15) is 5.69 Å². The third-order valence-corrected chi connectivity index (χ3v) is 6.98. The molecule has 0 spiro atoms. The van der Waals surface area contributed by atoms with Gasteiger partial charge in [-0.05, 0) is 19.4 Å². The molecule has 0 saturated carbocycles. The molecule has 5 heterocycles. The smallest absolute Gasteiger partial charge is 0.324 e. The van der Waals surface area contributed by atoms with Gasteiger partial charge in [-0.25, -0.2) is 33.5 Å². The maximum atomic E-state index is 14.1. The highest BCUT2D eigenvalue weighted by Crippen LogP contribution is 2.50. The minimum Gasteiger partial charge on any atom is -0.324 e. The number of nitrogens with one attached hydrogen (secondary N) is 1. The van der Waals surface area contributed by atoms with Crippen LogP contribution >= 0.6 is 11.6 Å². The Kier molecular flexibility index (Phi) is 5.79. The van der Waals surface area contributed by atoms with Gasteiger partial charge in [0.2, 0.25) is 11.9 Å². The molecule has 0 aliphatic heterocycles. The summed E-state index contributed by atoms with van der Waals surface area (Å²) in [4.78, 5) is 29.7. The molecule has 0 unspecified atom stereocenters. The van der Waals surface area contributed by atoms with Crippen LogP contribution < -0.4 is 5.32 Å². The molecule has 1 N–H and O–H groups in total. The van der Waals surface area contributed by atoms with Crippen LogP contribution in [-0.2, 0) is 10.2 Å². The highest BCUT2D eigenvalue weighted by molar-refractivity contribution is 6.33. The molecule has 39 heavy (non-hydrogen) atoms. The zero-order chi connectivity index (χ0) is 27.5. The summed E-state index contributed by atoms with van der Waals surface area (Å²) < 4.78 is 55.6. The first-order valence-corrected chi connectivity index (χ1v) is 11.8. The highest BCUT2D eigenvalue weighted by atomic mass is 35.5. The van der Waals surface area contributed by atoms with E-state index >= 15 is 0 Å². The first-order valence-electron chi connectivity index (χ1n) is 11.5. The van der Waals surface area contributed by atoms with E-state index in [0.717, 1.165) is 18.5 Å². The molecule has 10 nitrogen and oxygen atoms in total. The third kappa shape index (κ3) is 4.16. The van der Waals surface area contributed by atoms with Crippen molar-refractivity contribution in [3.63, 3.8) is 0 Å². The average molecular weight is 558 g/mol. The molecule has 1 aliphatic carbocycles. The normalized spacial score (nSPS) is 18.6. The summed E-state index contributed by atoms with van der Waals surface area (Å²) in [5.41, 5.74) is 0.901. The first kappa shape index (κ1) is 24.9. The van der Waals surface area contributed by atoms with E-state index in [4.69, 9.17) is 11.6 Å². The summed E-state index contributed by atoms with van der Waals surface area (Å²) in [5.74, 6) is -2.57. The van der Waals surface area contributed by atoms with Crippen LogP contribution in [0.5, 0.6) is 0 Å². The van der Waals surface area contributed by atoms with Crippen molar-refractivity contribution < 1.29 is 22.4 Å². The summed E-state index contributed by atoms with van der Waals surface area (Å²) in [5, 5.41) is 10.5. The van der Waals surface area contributed by atoms with E-state index in [1.807, 2.05) is 0 Å². The topological polar surface area (TPSA) is 116 Å². The molecular formula is C24H16ClF4N9O. The number of carbonyl (C=O) groups is 1. The van der Waals surface area contributed by atoms with Crippen molar-refractivity contribution in [3.05, 3.63) is 82.9 Å². The van der Waals surface area contributed by atoms with Crippen LogP contribution in [0.2, 0.25) is 5.02 Å². The predicted molar refractivity (Wildman–Crippen MR) is 129 cm³/mol. The van der Waals surface area contributed by atoms with Gasteiger partial charge in [0.15, 0.2) is 17.3 Å². The third-order valence-electron chi connectivity index (χ3n) is 6.69. The molecule has 0 radical (unpaired) electrons. The number of fused-ring (bicyclic) bond motifs is 3. The van der Waals surface area contributed by atoms with Gasteiger partial charge < -0.3 is 5.32 Å². The van der Waals surface area contributed by atoms with Crippen molar-refractivity contribution in [2.45, 2.75) is 31.2 Å². The number of halogens is 5. The molecule has 5 aromatic rings. The number of amides is 1. The van der Waals surface area contributed by atoms with Gasteiger partial charge in [-0.3, -0.25) is 4.79 Å². The minimum absolute atomic E-state index is 0.102. The van der Waals surface area contributed by atoms with Crippen LogP contribution in [0.3, 0.4) is 0 Å². The van der Waals surface area contributed by atoms with Gasteiger partial charge in [0, 0.05) is 35.0 Å². The number of aromatic nitrogens is 8. The zero-order valence-corrected chi connectivity index (χ0v) is 20.6. The molecule has 5 aromatic heterocycles. The van der Waals surface area contributed by atoms with E-state index in [2.05, 4.69) is 35.5 Å². The minimum atomic E-state index is -2.86. The second-order valence-electron chi connectivity index (χ2n) is 9.14. The van der Waals surface area contributed by atoms with E-state index in [-0.39, 0.29) is 34.3 Å². The van der Waals surface area contributed by atoms with Gasteiger partial charge in [-0.2, -0.15) is 18.3 Å².